The Morgan fingerprint density at radius 3 is 2.86 bits per heavy atom. The van der Waals surface area contributed by atoms with E-state index in [4.69, 9.17) is 4.74 Å². The van der Waals surface area contributed by atoms with Gasteiger partial charge in [0.1, 0.15) is 5.69 Å². The van der Waals surface area contributed by atoms with Gasteiger partial charge in [-0.1, -0.05) is 0 Å². The van der Waals surface area contributed by atoms with Gasteiger partial charge < -0.3 is 15.4 Å². The van der Waals surface area contributed by atoms with Crippen LogP contribution < -0.4 is 10.6 Å². The molecule has 1 heterocycles. The van der Waals surface area contributed by atoms with Gasteiger partial charge in [0.25, 0.3) is 11.6 Å². The van der Waals surface area contributed by atoms with Gasteiger partial charge in [-0.15, -0.1) is 0 Å². The molecule has 0 bridgehead atoms. The lowest BCUT2D eigenvalue weighted by Crippen LogP contribution is -2.46. The molecule has 1 aromatic carbocycles. The average Bonchev–Trinajstić information content (AvgIpc) is 2.85. The van der Waals surface area contributed by atoms with Crippen LogP contribution in [-0.4, -0.2) is 36.1 Å². The van der Waals surface area contributed by atoms with Crippen molar-refractivity contribution in [1.82, 2.24) is 5.32 Å². The predicted molar refractivity (Wildman–Crippen MR) is 78.6 cm³/mol. The summed E-state index contributed by atoms with van der Waals surface area (Å²) in [5.41, 5.74) is 0.176. The number of hydrogen-bond donors (Lipinski definition) is 2. The highest BCUT2D eigenvalue weighted by Gasteiger charge is 2.32. The third-order valence-corrected chi connectivity index (χ3v) is 3.46. The van der Waals surface area contributed by atoms with E-state index in [9.17, 15) is 14.9 Å². The summed E-state index contributed by atoms with van der Waals surface area (Å²) in [5.74, 6) is -0.325. The Balaban J connectivity index is 2.21. The van der Waals surface area contributed by atoms with Crippen molar-refractivity contribution in [2.75, 3.05) is 25.1 Å². The molecule has 7 heteroatoms. The zero-order valence-corrected chi connectivity index (χ0v) is 12.1. The van der Waals surface area contributed by atoms with Crippen LogP contribution in [0.15, 0.2) is 18.2 Å². The first kappa shape index (κ1) is 15.2. The molecule has 1 aromatic rings. The fourth-order valence-electron chi connectivity index (χ4n) is 2.28. The Bertz CT molecular complexity index is 553. The van der Waals surface area contributed by atoms with E-state index in [1.807, 2.05) is 13.8 Å². The lowest BCUT2D eigenvalue weighted by molar-refractivity contribution is -0.384. The number of nitrogens with zero attached hydrogens (tertiary/aromatic N) is 1. The van der Waals surface area contributed by atoms with E-state index in [1.54, 1.807) is 12.1 Å². The van der Waals surface area contributed by atoms with Crippen LogP contribution in [0.5, 0.6) is 0 Å². The number of amides is 1. The molecule has 0 spiro atoms. The van der Waals surface area contributed by atoms with Gasteiger partial charge in [0, 0.05) is 24.8 Å². The molecule has 0 aliphatic carbocycles. The third kappa shape index (κ3) is 3.49. The first-order chi connectivity index (χ1) is 9.95. The number of rotatable bonds is 5. The number of carbonyl (C=O) groups excluding carboxylic acids is 1. The second-order valence-electron chi connectivity index (χ2n) is 5.34. The van der Waals surface area contributed by atoms with Crippen molar-refractivity contribution in [2.24, 2.45) is 0 Å². The highest BCUT2D eigenvalue weighted by molar-refractivity contribution is 5.96. The second kappa shape index (κ2) is 6.09. The van der Waals surface area contributed by atoms with Gasteiger partial charge >= 0.3 is 0 Å². The molecule has 1 unspecified atom stereocenters. The third-order valence-electron chi connectivity index (χ3n) is 3.46. The van der Waals surface area contributed by atoms with Crippen molar-refractivity contribution in [1.29, 1.82) is 0 Å². The molecule has 2 N–H and O–H groups in total. The van der Waals surface area contributed by atoms with Gasteiger partial charge in [0.05, 0.1) is 17.1 Å². The van der Waals surface area contributed by atoms with Crippen LogP contribution in [-0.2, 0) is 4.74 Å². The Morgan fingerprint density at radius 1 is 1.52 bits per heavy atom. The quantitative estimate of drug-likeness (QED) is 0.639. The van der Waals surface area contributed by atoms with Crippen LogP contribution in [0.3, 0.4) is 0 Å². The number of benzene rings is 1. The predicted octanol–water partition coefficient (Wildman–Crippen LogP) is 1.94. The van der Waals surface area contributed by atoms with Gasteiger partial charge in [-0.25, -0.2) is 0 Å². The Hall–Kier alpha value is -2.15. The Morgan fingerprint density at radius 2 is 2.29 bits per heavy atom. The van der Waals surface area contributed by atoms with Gasteiger partial charge in [0.15, 0.2) is 0 Å². The SMILES string of the molecule is CCNc1ccc(C(=O)NC2(C)CCOC2)cc1[N+](=O)[O-]. The molecule has 1 saturated heterocycles. The van der Waals surface area contributed by atoms with Crippen LogP contribution in [0.1, 0.15) is 30.6 Å². The van der Waals surface area contributed by atoms with E-state index >= 15 is 0 Å². The lowest BCUT2D eigenvalue weighted by atomic mass is 10.0. The maximum atomic E-state index is 12.2. The smallest absolute Gasteiger partial charge is 0.293 e. The summed E-state index contributed by atoms with van der Waals surface area (Å²) in [6, 6.07) is 4.44. The van der Waals surface area contributed by atoms with Crippen LogP contribution in [0.2, 0.25) is 0 Å². The summed E-state index contributed by atoms with van der Waals surface area (Å²) in [4.78, 5) is 22.8. The van der Waals surface area contributed by atoms with Crippen LogP contribution in [0.25, 0.3) is 0 Å². The zero-order chi connectivity index (χ0) is 15.5. The van der Waals surface area contributed by atoms with Gasteiger partial charge in [-0.05, 0) is 32.4 Å². The molecule has 0 radical (unpaired) electrons. The molecule has 1 aliphatic heterocycles. The van der Waals surface area contributed by atoms with Gasteiger partial charge in [0.2, 0.25) is 0 Å². The second-order valence-corrected chi connectivity index (χ2v) is 5.34. The summed E-state index contributed by atoms with van der Waals surface area (Å²) in [6.45, 7) is 5.39. The van der Waals surface area contributed by atoms with E-state index in [1.165, 1.54) is 6.07 Å². The minimum absolute atomic E-state index is 0.0997. The van der Waals surface area contributed by atoms with Crippen molar-refractivity contribution < 1.29 is 14.5 Å². The molecule has 0 saturated carbocycles. The summed E-state index contributed by atoms with van der Waals surface area (Å²) in [5, 5.41) is 16.9. The summed E-state index contributed by atoms with van der Waals surface area (Å²) in [6.07, 6.45) is 0.732. The number of anilines is 1. The van der Waals surface area contributed by atoms with Crippen LogP contribution in [0.4, 0.5) is 11.4 Å². The first-order valence-corrected chi connectivity index (χ1v) is 6.88. The number of nitro groups is 1. The zero-order valence-electron chi connectivity index (χ0n) is 12.1. The first-order valence-electron chi connectivity index (χ1n) is 6.88. The highest BCUT2D eigenvalue weighted by Crippen LogP contribution is 2.26. The fourth-order valence-corrected chi connectivity index (χ4v) is 2.28. The van der Waals surface area contributed by atoms with Crippen molar-refractivity contribution in [3.8, 4) is 0 Å². The molecule has 21 heavy (non-hydrogen) atoms. The van der Waals surface area contributed by atoms with Crippen molar-refractivity contribution in [3.63, 3.8) is 0 Å². The van der Waals surface area contributed by atoms with E-state index in [2.05, 4.69) is 10.6 Å². The summed E-state index contributed by atoms with van der Waals surface area (Å²) in [7, 11) is 0. The number of nitrogens with one attached hydrogen (secondary N) is 2. The van der Waals surface area contributed by atoms with E-state index in [0.717, 1.165) is 6.42 Å². The standard InChI is InChI=1S/C14H19N3O4/c1-3-15-11-5-4-10(8-12(11)17(19)20)13(18)16-14(2)6-7-21-9-14/h4-5,8,15H,3,6-7,9H2,1-2H3,(H,16,18). The molecule has 1 amide bonds. The van der Waals surface area contributed by atoms with Gasteiger partial charge in [-0.2, -0.15) is 0 Å². The molecular formula is C14H19N3O4. The minimum atomic E-state index is -0.491. The number of nitro benzene ring substituents is 1. The van der Waals surface area contributed by atoms with E-state index in [0.29, 0.717) is 25.4 Å². The number of ether oxygens (including phenoxy) is 1. The number of carbonyl (C=O) groups is 1. The molecular weight excluding hydrogens is 274 g/mol. The molecule has 2 rings (SSSR count). The van der Waals surface area contributed by atoms with Crippen LogP contribution in [0, 0.1) is 10.1 Å². The van der Waals surface area contributed by atoms with E-state index < -0.39 is 10.5 Å². The molecule has 0 aromatic heterocycles. The molecule has 1 fully saturated rings. The Labute approximate surface area is 122 Å². The molecule has 114 valence electrons. The fraction of sp³-hybridized carbons (Fsp3) is 0.500. The van der Waals surface area contributed by atoms with Gasteiger partial charge in [-0.3, -0.25) is 14.9 Å². The largest absolute Gasteiger partial charge is 0.380 e. The maximum absolute atomic E-state index is 12.2. The summed E-state index contributed by atoms with van der Waals surface area (Å²) < 4.78 is 5.28. The molecule has 1 aliphatic rings. The van der Waals surface area contributed by atoms with Crippen molar-refractivity contribution in [2.45, 2.75) is 25.8 Å². The topological polar surface area (TPSA) is 93.5 Å². The van der Waals surface area contributed by atoms with Crippen LogP contribution >= 0.6 is 0 Å². The minimum Gasteiger partial charge on any atom is -0.380 e. The Kier molecular flexibility index (Phi) is 4.42. The van der Waals surface area contributed by atoms with E-state index in [-0.39, 0.29) is 17.2 Å². The monoisotopic (exact) mass is 293 g/mol. The highest BCUT2D eigenvalue weighted by atomic mass is 16.6. The maximum Gasteiger partial charge on any atom is 0.293 e. The van der Waals surface area contributed by atoms with Crippen molar-refractivity contribution >= 4 is 17.3 Å². The lowest BCUT2D eigenvalue weighted by Gasteiger charge is -2.23. The molecule has 7 nitrogen and oxygen atoms in total. The van der Waals surface area contributed by atoms with Crippen molar-refractivity contribution in [3.05, 3.63) is 33.9 Å². The summed E-state index contributed by atoms with van der Waals surface area (Å²) >= 11 is 0. The average molecular weight is 293 g/mol. The normalized spacial score (nSPS) is 21.0. The molecule has 1 atom stereocenters. The number of hydrogen-bond acceptors (Lipinski definition) is 5.